The van der Waals surface area contributed by atoms with E-state index in [2.05, 4.69) is 19.9 Å². The fourth-order valence-electron chi connectivity index (χ4n) is 3.43. The van der Waals surface area contributed by atoms with Crippen molar-refractivity contribution in [3.63, 3.8) is 0 Å². The minimum atomic E-state index is -4.60. The van der Waals surface area contributed by atoms with Crippen LogP contribution in [0.25, 0.3) is 0 Å². The third-order valence-electron chi connectivity index (χ3n) is 5.23. The lowest BCUT2D eigenvalue weighted by Crippen LogP contribution is -2.37. The van der Waals surface area contributed by atoms with E-state index >= 15 is 0 Å². The van der Waals surface area contributed by atoms with Crippen molar-refractivity contribution in [3.8, 4) is 0 Å². The maximum atomic E-state index is 12.6. The molecular formula is C18H20F3N5O. The number of rotatable bonds is 4. The predicted molar refractivity (Wildman–Crippen MR) is 92.4 cm³/mol. The molecule has 0 aromatic carbocycles. The van der Waals surface area contributed by atoms with Crippen molar-refractivity contribution in [2.24, 2.45) is 5.92 Å². The lowest BCUT2D eigenvalue weighted by atomic mass is 9.97. The van der Waals surface area contributed by atoms with Gasteiger partial charge < -0.3 is 4.90 Å². The summed E-state index contributed by atoms with van der Waals surface area (Å²) in [5.41, 5.74) is -0.619. The molecule has 2 fully saturated rings. The minimum Gasteiger partial charge on any atom is -0.341 e. The summed E-state index contributed by atoms with van der Waals surface area (Å²) in [6.45, 7) is 1.89. The molecule has 1 saturated heterocycles. The summed E-state index contributed by atoms with van der Waals surface area (Å²) < 4.78 is 39.1. The standard InChI is InChI=1S/C18H20F3N5O/c19-18(20,21)15-7-16(27)26(11-24-15)10-12-3-5-25(6-4-12)17-22-8-14(9-23-17)13-1-2-13/h7-9,11-13H,1-6,10H2. The van der Waals surface area contributed by atoms with Gasteiger partial charge in [0, 0.05) is 38.1 Å². The van der Waals surface area contributed by atoms with Crippen LogP contribution in [0.2, 0.25) is 0 Å². The number of alkyl halides is 3. The summed E-state index contributed by atoms with van der Waals surface area (Å²) in [6, 6.07) is 0.560. The summed E-state index contributed by atoms with van der Waals surface area (Å²) in [6.07, 6.45) is 4.27. The first-order valence-corrected chi connectivity index (χ1v) is 9.11. The minimum absolute atomic E-state index is 0.211. The van der Waals surface area contributed by atoms with Gasteiger partial charge in [-0.2, -0.15) is 13.2 Å². The van der Waals surface area contributed by atoms with Crippen LogP contribution in [0.4, 0.5) is 19.1 Å². The topological polar surface area (TPSA) is 63.9 Å². The molecule has 0 spiro atoms. The van der Waals surface area contributed by atoms with E-state index in [9.17, 15) is 18.0 Å². The number of piperidine rings is 1. The lowest BCUT2D eigenvalue weighted by Gasteiger charge is -2.32. The first-order valence-electron chi connectivity index (χ1n) is 9.11. The Balaban J connectivity index is 1.34. The van der Waals surface area contributed by atoms with E-state index in [1.54, 1.807) is 0 Å². The van der Waals surface area contributed by atoms with Gasteiger partial charge >= 0.3 is 6.18 Å². The molecule has 3 heterocycles. The molecule has 0 atom stereocenters. The van der Waals surface area contributed by atoms with Gasteiger partial charge in [0.2, 0.25) is 5.95 Å². The van der Waals surface area contributed by atoms with Crippen molar-refractivity contribution in [2.45, 2.75) is 44.3 Å². The van der Waals surface area contributed by atoms with Crippen molar-refractivity contribution >= 4 is 5.95 Å². The van der Waals surface area contributed by atoms with E-state index in [0.717, 1.165) is 32.3 Å². The van der Waals surface area contributed by atoms with Crippen LogP contribution >= 0.6 is 0 Å². The van der Waals surface area contributed by atoms with Gasteiger partial charge in [-0.05, 0) is 43.1 Å². The van der Waals surface area contributed by atoms with Crippen molar-refractivity contribution in [2.75, 3.05) is 18.0 Å². The fourth-order valence-corrected chi connectivity index (χ4v) is 3.43. The molecule has 4 rings (SSSR count). The van der Waals surface area contributed by atoms with Gasteiger partial charge in [0.05, 0.1) is 6.33 Å². The highest BCUT2D eigenvalue weighted by Gasteiger charge is 2.33. The Bertz CT molecular complexity index is 853. The van der Waals surface area contributed by atoms with Crippen LogP contribution in [0.1, 0.15) is 42.9 Å². The Kier molecular flexibility index (Phi) is 4.61. The van der Waals surface area contributed by atoms with E-state index in [0.29, 0.717) is 24.5 Å². The zero-order chi connectivity index (χ0) is 19.0. The maximum absolute atomic E-state index is 12.6. The highest BCUT2D eigenvalue weighted by atomic mass is 19.4. The molecule has 9 heteroatoms. The molecule has 6 nitrogen and oxygen atoms in total. The number of aromatic nitrogens is 4. The van der Waals surface area contributed by atoms with Crippen LogP contribution in [-0.2, 0) is 12.7 Å². The number of hydrogen-bond donors (Lipinski definition) is 0. The lowest BCUT2D eigenvalue weighted by molar-refractivity contribution is -0.141. The largest absolute Gasteiger partial charge is 0.433 e. The maximum Gasteiger partial charge on any atom is 0.433 e. The number of halogens is 3. The summed E-state index contributed by atoms with van der Waals surface area (Å²) >= 11 is 0. The second kappa shape index (κ2) is 6.94. The molecular weight excluding hydrogens is 359 g/mol. The Labute approximate surface area is 154 Å². The molecule has 0 radical (unpaired) electrons. The van der Waals surface area contributed by atoms with E-state index in [-0.39, 0.29) is 5.92 Å². The number of anilines is 1. The molecule has 144 valence electrons. The predicted octanol–water partition coefficient (Wildman–Crippen LogP) is 2.85. The van der Waals surface area contributed by atoms with Gasteiger partial charge in [-0.15, -0.1) is 0 Å². The average Bonchev–Trinajstić information content (AvgIpc) is 3.49. The van der Waals surface area contributed by atoms with Crippen molar-refractivity contribution in [1.82, 2.24) is 19.5 Å². The smallest absolute Gasteiger partial charge is 0.341 e. The summed E-state index contributed by atoms with van der Waals surface area (Å²) in [5.74, 6) is 1.55. The molecule has 27 heavy (non-hydrogen) atoms. The highest BCUT2D eigenvalue weighted by Crippen LogP contribution is 2.39. The number of hydrogen-bond acceptors (Lipinski definition) is 5. The van der Waals surface area contributed by atoms with E-state index in [4.69, 9.17) is 0 Å². The van der Waals surface area contributed by atoms with E-state index < -0.39 is 17.4 Å². The third kappa shape index (κ3) is 4.12. The molecule has 1 aliphatic carbocycles. The zero-order valence-corrected chi connectivity index (χ0v) is 14.7. The first kappa shape index (κ1) is 17.9. The number of nitrogens with zero attached hydrogens (tertiary/aromatic N) is 5. The second-order valence-electron chi connectivity index (χ2n) is 7.28. The van der Waals surface area contributed by atoms with Crippen molar-refractivity contribution in [1.29, 1.82) is 0 Å². The van der Waals surface area contributed by atoms with Crippen LogP contribution in [0.3, 0.4) is 0 Å². The van der Waals surface area contributed by atoms with Gasteiger partial charge in [-0.1, -0.05) is 0 Å². The van der Waals surface area contributed by atoms with Crippen LogP contribution in [0.15, 0.2) is 29.6 Å². The molecule has 0 amide bonds. The van der Waals surface area contributed by atoms with Crippen molar-refractivity contribution < 1.29 is 13.2 Å². The van der Waals surface area contributed by atoms with Crippen LogP contribution in [0.5, 0.6) is 0 Å². The SMILES string of the molecule is O=c1cc(C(F)(F)F)ncn1CC1CCN(c2ncc(C3CC3)cn2)CC1. The molecule has 2 aliphatic rings. The summed E-state index contributed by atoms with van der Waals surface area (Å²) in [4.78, 5) is 26.3. The van der Waals surface area contributed by atoms with Gasteiger partial charge in [-0.25, -0.2) is 15.0 Å². The van der Waals surface area contributed by atoms with Gasteiger partial charge in [0.1, 0.15) is 0 Å². The molecule has 1 saturated carbocycles. The van der Waals surface area contributed by atoms with Gasteiger partial charge in [0.25, 0.3) is 5.56 Å². The highest BCUT2D eigenvalue weighted by molar-refractivity contribution is 5.32. The monoisotopic (exact) mass is 379 g/mol. The quantitative estimate of drug-likeness (QED) is 0.817. The van der Waals surface area contributed by atoms with Crippen molar-refractivity contribution in [3.05, 3.63) is 46.4 Å². The summed E-state index contributed by atoms with van der Waals surface area (Å²) in [5, 5.41) is 0. The van der Waals surface area contributed by atoms with Crippen LogP contribution in [-0.4, -0.2) is 32.6 Å². The Hall–Kier alpha value is -2.45. The third-order valence-corrected chi connectivity index (χ3v) is 5.23. The van der Waals surface area contributed by atoms with Crippen LogP contribution in [0, 0.1) is 5.92 Å². The first-order chi connectivity index (χ1) is 12.9. The Morgan fingerprint density at radius 1 is 1.04 bits per heavy atom. The molecule has 0 bridgehead atoms. The fraction of sp³-hybridized carbons (Fsp3) is 0.556. The summed E-state index contributed by atoms with van der Waals surface area (Å²) in [7, 11) is 0. The molecule has 0 N–H and O–H groups in total. The van der Waals surface area contributed by atoms with E-state index in [1.165, 1.54) is 23.0 Å². The van der Waals surface area contributed by atoms with Crippen LogP contribution < -0.4 is 10.5 Å². The second-order valence-corrected chi connectivity index (χ2v) is 7.28. The van der Waals surface area contributed by atoms with Gasteiger partial charge in [0.15, 0.2) is 5.69 Å². The van der Waals surface area contributed by atoms with Gasteiger partial charge in [-0.3, -0.25) is 9.36 Å². The molecule has 0 unspecified atom stereocenters. The molecule has 2 aromatic heterocycles. The Morgan fingerprint density at radius 2 is 1.70 bits per heavy atom. The average molecular weight is 379 g/mol. The zero-order valence-electron chi connectivity index (χ0n) is 14.7. The van der Waals surface area contributed by atoms with E-state index in [1.807, 2.05) is 12.4 Å². The molecule has 2 aromatic rings. The Morgan fingerprint density at radius 3 is 2.26 bits per heavy atom. The normalized spacial score (nSPS) is 18.7. The molecule has 1 aliphatic heterocycles.